The molecule has 19 heavy (non-hydrogen) atoms. The van der Waals surface area contributed by atoms with E-state index in [0.29, 0.717) is 0 Å². The van der Waals surface area contributed by atoms with Gasteiger partial charge in [0.2, 0.25) is 0 Å². The number of carboxylic acid groups (broad SMARTS) is 1. The summed E-state index contributed by atoms with van der Waals surface area (Å²) >= 11 is 0. The lowest BCUT2D eigenvalue weighted by Gasteiger charge is -2.27. The molecule has 0 radical (unpaired) electrons. The molecule has 0 saturated heterocycles. The number of hydrogen-bond donors (Lipinski definition) is 1. The zero-order valence-electron chi connectivity index (χ0n) is 11.2. The Bertz CT molecular complexity index is 610. The Kier molecular flexibility index (Phi) is 3.05. The Morgan fingerprint density at radius 3 is 2.79 bits per heavy atom. The number of aliphatic carboxylic acids is 1. The first-order valence-electron chi connectivity index (χ1n) is 6.98. The lowest BCUT2D eigenvalue weighted by molar-refractivity contribution is -0.138. The molecule has 1 N–H and O–H groups in total. The quantitative estimate of drug-likeness (QED) is 0.908. The molecule has 0 aliphatic heterocycles. The molecule has 0 spiro atoms. The monoisotopic (exact) mass is 257 g/mol. The van der Waals surface area contributed by atoms with Crippen molar-refractivity contribution < 1.29 is 9.90 Å². The number of para-hydroxylation sites is 1. The van der Waals surface area contributed by atoms with Gasteiger partial charge in [-0.3, -0.25) is 4.79 Å². The van der Waals surface area contributed by atoms with Crippen molar-refractivity contribution in [1.82, 2.24) is 4.57 Å². The summed E-state index contributed by atoms with van der Waals surface area (Å²) < 4.78 is 2.22. The smallest absolute Gasteiger partial charge is 0.312 e. The number of aromatic nitrogens is 1. The van der Waals surface area contributed by atoms with E-state index < -0.39 is 11.9 Å². The van der Waals surface area contributed by atoms with Crippen molar-refractivity contribution in [3.8, 4) is 0 Å². The molecule has 1 aromatic heterocycles. The van der Waals surface area contributed by atoms with Crippen LogP contribution in [0.1, 0.15) is 37.8 Å². The second kappa shape index (κ2) is 4.72. The van der Waals surface area contributed by atoms with E-state index in [1.54, 1.807) is 6.92 Å². The van der Waals surface area contributed by atoms with E-state index in [1.807, 2.05) is 18.2 Å². The van der Waals surface area contributed by atoms with Gasteiger partial charge in [0.15, 0.2) is 0 Å². The molecule has 3 nitrogen and oxygen atoms in total. The molecular weight excluding hydrogens is 238 g/mol. The second-order valence-electron chi connectivity index (χ2n) is 5.60. The third-order valence-corrected chi connectivity index (χ3v) is 4.32. The van der Waals surface area contributed by atoms with Crippen LogP contribution in [0.2, 0.25) is 0 Å². The molecule has 1 atom stereocenters. The van der Waals surface area contributed by atoms with Gasteiger partial charge in [-0.1, -0.05) is 24.6 Å². The summed E-state index contributed by atoms with van der Waals surface area (Å²) in [6, 6.07) is 10.2. The minimum Gasteiger partial charge on any atom is -0.481 e. The van der Waals surface area contributed by atoms with Gasteiger partial charge in [0.1, 0.15) is 0 Å². The van der Waals surface area contributed by atoms with Crippen molar-refractivity contribution in [2.75, 3.05) is 0 Å². The van der Waals surface area contributed by atoms with Crippen LogP contribution in [0.4, 0.5) is 0 Å². The van der Waals surface area contributed by atoms with Gasteiger partial charge in [-0.15, -0.1) is 0 Å². The van der Waals surface area contributed by atoms with E-state index in [0.717, 1.165) is 29.1 Å². The Labute approximate surface area is 112 Å². The summed E-state index contributed by atoms with van der Waals surface area (Å²) in [4.78, 5) is 11.3. The third-order valence-electron chi connectivity index (χ3n) is 4.32. The maximum atomic E-state index is 11.3. The molecule has 0 amide bonds. The predicted molar refractivity (Wildman–Crippen MR) is 75.3 cm³/mol. The SMILES string of the molecule is CC(C(=O)O)c1cc2ccccc2n1CC1CCC1. The molecule has 1 saturated carbocycles. The molecule has 1 aliphatic carbocycles. The van der Waals surface area contributed by atoms with Crippen molar-refractivity contribution in [2.45, 2.75) is 38.6 Å². The normalized spacial score (nSPS) is 17.3. The largest absolute Gasteiger partial charge is 0.481 e. The Hall–Kier alpha value is -1.77. The highest BCUT2D eigenvalue weighted by Crippen LogP contribution is 2.32. The maximum absolute atomic E-state index is 11.3. The van der Waals surface area contributed by atoms with Gasteiger partial charge in [-0.25, -0.2) is 0 Å². The number of carboxylic acids is 1. The Balaban J connectivity index is 2.07. The minimum atomic E-state index is -0.752. The fourth-order valence-electron chi connectivity index (χ4n) is 2.85. The van der Waals surface area contributed by atoms with Gasteiger partial charge in [0.05, 0.1) is 5.92 Å². The first-order valence-corrected chi connectivity index (χ1v) is 6.98. The van der Waals surface area contributed by atoms with Crippen molar-refractivity contribution >= 4 is 16.9 Å². The Morgan fingerprint density at radius 2 is 2.16 bits per heavy atom. The number of rotatable bonds is 4. The molecule has 3 rings (SSSR count). The number of fused-ring (bicyclic) bond motifs is 1. The van der Waals surface area contributed by atoms with Crippen LogP contribution in [0.25, 0.3) is 10.9 Å². The van der Waals surface area contributed by atoms with Gasteiger partial charge in [-0.2, -0.15) is 0 Å². The molecule has 1 aromatic carbocycles. The molecule has 100 valence electrons. The minimum absolute atomic E-state index is 0.451. The molecule has 0 bridgehead atoms. The van der Waals surface area contributed by atoms with Crippen LogP contribution in [0.3, 0.4) is 0 Å². The summed E-state index contributed by atoms with van der Waals surface area (Å²) in [5, 5.41) is 10.4. The molecule has 1 unspecified atom stereocenters. The fraction of sp³-hybridized carbons (Fsp3) is 0.438. The van der Waals surface area contributed by atoms with Crippen LogP contribution in [-0.2, 0) is 11.3 Å². The van der Waals surface area contributed by atoms with Gasteiger partial charge in [0, 0.05) is 17.8 Å². The maximum Gasteiger partial charge on any atom is 0.312 e. The van der Waals surface area contributed by atoms with Crippen LogP contribution in [0, 0.1) is 5.92 Å². The van der Waals surface area contributed by atoms with E-state index in [9.17, 15) is 9.90 Å². The molecular formula is C16H19NO2. The van der Waals surface area contributed by atoms with Crippen LogP contribution in [-0.4, -0.2) is 15.6 Å². The van der Waals surface area contributed by atoms with Crippen molar-refractivity contribution in [2.24, 2.45) is 5.92 Å². The standard InChI is InChI=1S/C16H19NO2/c1-11(16(18)19)15-9-13-7-2-3-8-14(13)17(15)10-12-5-4-6-12/h2-3,7-9,11-12H,4-6,10H2,1H3,(H,18,19). The summed E-state index contributed by atoms with van der Waals surface area (Å²) in [7, 11) is 0. The molecule has 1 fully saturated rings. The average molecular weight is 257 g/mol. The Morgan fingerprint density at radius 1 is 1.42 bits per heavy atom. The van der Waals surface area contributed by atoms with E-state index in [1.165, 1.54) is 19.3 Å². The number of benzene rings is 1. The van der Waals surface area contributed by atoms with E-state index in [-0.39, 0.29) is 0 Å². The number of carbonyl (C=O) groups is 1. The zero-order chi connectivity index (χ0) is 13.4. The van der Waals surface area contributed by atoms with Crippen molar-refractivity contribution in [3.63, 3.8) is 0 Å². The third kappa shape index (κ3) is 2.14. The van der Waals surface area contributed by atoms with Crippen LogP contribution in [0.15, 0.2) is 30.3 Å². The average Bonchev–Trinajstić information content (AvgIpc) is 2.71. The van der Waals surface area contributed by atoms with E-state index in [2.05, 4.69) is 16.7 Å². The highest BCUT2D eigenvalue weighted by atomic mass is 16.4. The highest BCUT2D eigenvalue weighted by Gasteiger charge is 2.24. The predicted octanol–water partition coefficient (Wildman–Crippen LogP) is 3.63. The second-order valence-corrected chi connectivity index (χ2v) is 5.60. The van der Waals surface area contributed by atoms with Crippen LogP contribution >= 0.6 is 0 Å². The topological polar surface area (TPSA) is 42.2 Å². The number of nitrogens with zero attached hydrogens (tertiary/aromatic N) is 1. The summed E-state index contributed by atoms with van der Waals surface area (Å²) in [6.45, 7) is 2.73. The van der Waals surface area contributed by atoms with Gasteiger partial charge < -0.3 is 9.67 Å². The van der Waals surface area contributed by atoms with Crippen LogP contribution in [0.5, 0.6) is 0 Å². The highest BCUT2D eigenvalue weighted by molar-refractivity contribution is 5.84. The van der Waals surface area contributed by atoms with Crippen molar-refractivity contribution in [3.05, 3.63) is 36.0 Å². The van der Waals surface area contributed by atoms with Gasteiger partial charge >= 0.3 is 5.97 Å². The molecule has 2 aromatic rings. The zero-order valence-corrected chi connectivity index (χ0v) is 11.2. The molecule has 3 heteroatoms. The van der Waals surface area contributed by atoms with Gasteiger partial charge in [-0.05, 0) is 43.2 Å². The summed E-state index contributed by atoms with van der Waals surface area (Å²) in [6.07, 6.45) is 3.86. The lowest BCUT2D eigenvalue weighted by atomic mass is 9.85. The number of hydrogen-bond acceptors (Lipinski definition) is 1. The van der Waals surface area contributed by atoms with Crippen LogP contribution < -0.4 is 0 Å². The summed E-state index contributed by atoms with van der Waals surface area (Å²) in [5.74, 6) is -0.485. The van der Waals surface area contributed by atoms with E-state index in [4.69, 9.17) is 0 Å². The summed E-state index contributed by atoms with van der Waals surface area (Å²) in [5.41, 5.74) is 2.10. The first-order chi connectivity index (χ1) is 9.16. The van der Waals surface area contributed by atoms with E-state index >= 15 is 0 Å². The lowest BCUT2D eigenvalue weighted by Crippen LogP contribution is -2.21. The molecule has 1 aliphatic rings. The molecule has 1 heterocycles. The fourth-order valence-corrected chi connectivity index (χ4v) is 2.85. The first kappa shape index (κ1) is 12.3. The van der Waals surface area contributed by atoms with Gasteiger partial charge in [0.25, 0.3) is 0 Å². The van der Waals surface area contributed by atoms with Crippen molar-refractivity contribution in [1.29, 1.82) is 0 Å².